The third-order valence-electron chi connectivity index (χ3n) is 5.98. The van der Waals surface area contributed by atoms with Gasteiger partial charge in [-0.1, -0.05) is 90.1 Å². The SMILES string of the molecule is Cc1ccc([C@@H]2C=C3N=C(c4ccccc4)S[C@@H]3n3c(=O)n(-c4ccccc4)c(=O)n32)cc1. The van der Waals surface area contributed by atoms with Crippen molar-refractivity contribution in [3.63, 3.8) is 0 Å². The number of para-hydroxylation sites is 1. The predicted octanol–water partition coefficient (Wildman–Crippen LogP) is 4.29. The summed E-state index contributed by atoms with van der Waals surface area (Å²) in [5.41, 5.74) is 3.68. The summed E-state index contributed by atoms with van der Waals surface area (Å²) in [6.07, 6.45) is 2.01. The minimum absolute atomic E-state index is 0.360. The summed E-state index contributed by atoms with van der Waals surface area (Å²) in [6.45, 7) is 2.02. The Kier molecular flexibility index (Phi) is 4.58. The van der Waals surface area contributed by atoms with Crippen molar-refractivity contribution < 1.29 is 0 Å². The molecule has 3 aromatic carbocycles. The zero-order chi connectivity index (χ0) is 22.5. The molecule has 0 N–H and O–H groups in total. The summed E-state index contributed by atoms with van der Waals surface area (Å²) >= 11 is 1.49. The average molecular weight is 453 g/mol. The van der Waals surface area contributed by atoms with E-state index in [0.29, 0.717) is 5.69 Å². The number of fused-ring (bicyclic) bond motifs is 3. The monoisotopic (exact) mass is 452 g/mol. The Morgan fingerprint density at radius 2 is 1.42 bits per heavy atom. The molecule has 3 heterocycles. The van der Waals surface area contributed by atoms with Gasteiger partial charge < -0.3 is 0 Å². The van der Waals surface area contributed by atoms with Gasteiger partial charge in [0.05, 0.1) is 11.4 Å². The third-order valence-corrected chi connectivity index (χ3v) is 7.20. The number of aryl methyl sites for hydroxylation is 1. The van der Waals surface area contributed by atoms with E-state index in [1.54, 1.807) is 21.5 Å². The van der Waals surface area contributed by atoms with Gasteiger partial charge in [-0.2, -0.15) is 0 Å². The maximum atomic E-state index is 13.7. The van der Waals surface area contributed by atoms with Gasteiger partial charge in [-0.25, -0.2) is 28.5 Å². The number of allylic oxidation sites excluding steroid dienone is 1. The van der Waals surface area contributed by atoms with E-state index in [1.807, 2.05) is 85.8 Å². The molecule has 0 saturated heterocycles. The minimum atomic E-state index is -0.429. The smallest absolute Gasteiger partial charge is 0.245 e. The highest BCUT2D eigenvalue weighted by Gasteiger charge is 2.38. The molecular formula is C26H20N4O2S. The standard InChI is InChI=1S/C26H20N4O2S/c1-17-12-14-18(15-13-17)22-16-21-24(33-23(27-21)19-8-4-2-5-9-19)30-26(32)28(25(31)29(22)30)20-10-6-3-7-11-20/h2-16,22,24H,1H3/t22-,24-/m0/s1. The van der Waals surface area contributed by atoms with Crippen LogP contribution in [0.1, 0.15) is 28.1 Å². The molecule has 0 unspecified atom stereocenters. The maximum absolute atomic E-state index is 13.7. The highest BCUT2D eigenvalue weighted by atomic mass is 32.2. The van der Waals surface area contributed by atoms with E-state index in [-0.39, 0.29) is 11.4 Å². The van der Waals surface area contributed by atoms with Gasteiger partial charge in [-0.3, -0.25) is 0 Å². The maximum Gasteiger partial charge on any atom is 0.353 e. The second-order valence-corrected chi connectivity index (χ2v) is 9.19. The fourth-order valence-corrected chi connectivity index (χ4v) is 5.53. The minimum Gasteiger partial charge on any atom is -0.245 e. The second kappa shape index (κ2) is 7.64. The van der Waals surface area contributed by atoms with Crippen molar-refractivity contribution in [3.8, 4) is 5.69 Å². The molecule has 6 rings (SSSR count). The van der Waals surface area contributed by atoms with Gasteiger partial charge in [-0.15, -0.1) is 0 Å². The van der Waals surface area contributed by atoms with Gasteiger partial charge in [0.1, 0.15) is 16.5 Å². The lowest BCUT2D eigenvalue weighted by molar-refractivity contribution is 0.420. The van der Waals surface area contributed by atoms with Crippen molar-refractivity contribution in [2.45, 2.75) is 18.3 Å². The predicted molar refractivity (Wildman–Crippen MR) is 131 cm³/mol. The molecule has 0 saturated carbocycles. The van der Waals surface area contributed by atoms with E-state index < -0.39 is 11.4 Å². The molecule has 0 radical (unpaired) electrons. The molecule has 0 amide bonds. The van der Waals surface area contributed by atoms with E-state index in [0.717, 1.165) is 27.4 Å². The second-order valence-electron chi connectivity index (χ2n) is 8.13. The van der Waals surface area contributed by atoms with Gasteiger partial charge in [-0.05, 0) is 30.7 Å². The Morgan fingerprint density at radius 3 is 2.12 bits per heavy atom. The van der Waals surface area contributed by atoms with Crippen LogP contribution in [0.25, 0.3) is 5.69 Å². The van der Waals surface area contributed by atoms with Crippen LogP contribution in [0.4, 0.5) is 0 Å². The first-order valence-corrected chi connectivity index (χ1v) is 11.6. The highest BCUT2D eigenvalue weighted by molar-refractivity contribution is 8.14. The van der Waals surface area contributed by atoms with Crippen molar-refractivity contribution in [2.75, 3.05) is 0 Å². The third kappa shape index (κ3) is 3.15. The van der Waals surface area contributed by atoms with Gasteiger partial charge in [0.15, 0.2) is 0 Å². The number of hydrogen-bond donors (Lipinski definition) is 0. The van der Waals surface area contributed by atoms with Crippen molar-refractivity contribution in [1.82, 2.24) is 13.9 Å². The fraction of sp³-hybridized carbons (Fsp3) is 0.115. The molecule has 2 aliphatic heterocycles. The molecule has 6 nitrogen and oxygen atoms in total. The van der Waals surface area contributed by atoms with Crippen LogP contribution in [-0.2, 0) is 0 Å². The number of rotatable bonds is 3. The molecule has 162 valence electrons. The molecule has 4 aromatic rings. The molecular weight excluding hydrogens is 432 g/mol. The summed E-state index contributed by atoms with van der Waals surface area (Å²) < 4.78 is 4.39. The van der Waals surface area contributed by atoms with Crippen molar-refractivity contribution in [3.05, 3.63) is 134 Å². The Balaban J connectivity index is 1.58. The van der Waals surface area contributed by atoms with Crippen LogP contribution in [0, 0.1) is 6.92 Å². The summed E-state index contributed by atoms with van der Waals surface area (Å²) in [5.74, 6) is 0. The lowest BCUT2D eigenvalue weighted by Gasteiger charge is -2.26. The van der Waals surface area contributed by atoms with E-state index in [2.05, 4.69) is 0 Å². The Hall–Kier alpha value is -3.84. The largest absolute Gasteiger partial charge is 0.353 e. The van der Waals surface area contributed by atoms with Crippen LogP contribution in [0.2, 0.25) is 0 Å². The Morgan fingerprint density at radius 1 is 0.788 bits per heavy atom. The van der Waals surface area contributed by atoms with Crippen LogP contribution in [0.15, 0.2) is 111 Å². The van der Waals surface area contributed by atoms with E-state index in [9.17, 15) is 9.59 Å². The number of hydrogen-bond acceptors (Lipinski definition) is 4. The van der Waals surface area contributed by atoms with Gasteiger partial charge in [0.25, 0.3) is 0 Å². The normalized spacial score (nSPS) is 18.9. The number of thioether (sulfide) groups is 1. The average Bonchev–Trinajstić information content (AvgIpc) is 3.39. The first-order valence-electron chi connectivity index (χ1n) is 10.7. The summed E-state index contributed by atoms with van der Waals surface area (Å²) in [4.78, 5) is 32.2. The first-order chi connectivity index (χ1) is 16.1. The molecule has 2 aliphatic rings. The molecule has 2 atom stereocenters. The van der Waals surface area contributed by atoms with E-state index >= 15 is 0 Å². The summed E-state index contributed by atoms with van der Waals surface area (Å²) in [7, 11) is 0. The van der Waals surface area contributed by atoms with Crippen molar-refractivity contribution in [2.24, 2.45) is 4.99 Å². The summed E-state index contributed by atoms with van der Waals surface area (Å²) in [5, 5.41) is 0.446. The molecule has 33 heavy (non-hydrogen) atoms. The van der Waals surface area contributed by atoms with Crippen LogP contribution in [0.3, 0.4) is 0 Å². The van der Waals surface area contributed by atoms with Gasteiger partial charge in [0.2, 0.25) is 0 Å². The zero-order valence-corrected chi connectivity index (χ0v) is 18.6. The first kappa shape index (κ1) is 19.8. The number of aromatic nitrogens is 3. The summed E-state index contributed by atoms with van der Waals surface area (Å²) in [6, 6.07) is 26.6. The van der Waals surface area contributed by atoms with Crippen LogP contribution < -0.4 is 11.4 Å². The van der Waals surface area contributed by atoms with Gasteiger partial charge in [0, 0.05) is 5.56 Å². The fourth-order valence-electron chi connectivity index (χ4n) is 4.34. The number of nitrogens with zero attached hydrogens (tertiary/aromatic N) is 4. The molecule has 0 bridgehead atoms. The lowest BCUT2D eigenvalue weighted by Crippen LogP contribution is -2.35. The lowest BCUT2D eigenvalue weighted by atomic mass is 10.0. The topological polar surface area (TPSA) is 61.3 Å². The quantitative estimate of drug-likeness (QED) is 0.466. The van der Waals surface area contributed by atoms with E-state index in [1.165, 1.54) is 16.3 Å². The van der Waals surface area contributed by atoms with Crippen LogP contribution in [-0.4, -0.2) is 19.0 Å². The zero-order valence-electron chi connectivity index (χ0n) is 17.8. The van der Waals surface area contributed by atoms with Crippen LogP contribution >= 0.6 is 11.8 Å². The van der Waals surface area contributed by atoms with Crippen molar-refractivity contribution in [1.29, 1.82) is 0 Å². The van der Waals surface area contributed by atoms with Crippen molar-refractivity contribution >= 4 is 16.8 Å². The van der Waals surface area contributed by atoms with E-state index in [4.69, 9.17) is 4.99 Å². The molecule has 0 aliphatic carbocycles. The Bertz CT molecular complexity index is 1530. The number of benzene rings is 3. The van der Waals surface area contributed by atoms with Crippen LogP contribution in [0.5, 0.6) is 0 Å². The highest BCUT2D eigenvalue weighted by Crippen LogP contribution is 2.44. The Labute approximate surface area is 194 Å². The molecule has 1 aromatic heterocycles. The molecule has 7 heteroatoms. The van der Waals surface area contributed by atoms with Gasteiger partial charge >= 0.3 is 11.4 Å². The number of aliphatic imine (C=N–C) groups is 1. The molecule has 0 fully saturated rings. The molecule has 0 spiro atoms.